The lowest BCUT2D eigenvalue weighted by molar-refractivity contribution is -0.0500. The molecule has 7 nitrogen and oxygen atoms in total. The Bertz CT molecular complexity index is 788. The first kappa shape index (κ1) is 16.8. The van der Waals surface area contributed by atoms with Gasteiger partial charge in [-0.25, -0.2) is 0 Å². The van der Waals surface area contributed by atoms with Crippen LogP contribution < -0.4 is 13.7 Å². The number of carbonyl (C=O) groups excluding carboxylic acids is 1. The van der Waals surface area contributed by atoms with Gasteiger partial charge in [0.05, 0.1) is 25.2 Å². The van der Waals surface area contributed by atoms with Crippen LogP contribution in [0.25, 0.3) is 0 Å². The van der Waals surface area contributed by atoms with Gasteiger partial charge in [0.2, 0.25) is 6.29 Å². The zero-order valence-electron chi connectivity index (χ0n) is 12.1. The van der Waals surface area contributed by atoms with E-state index in [2.05, 4.69) is 4.18 Å². The molecule has 2 aliphatic heterocycles. The summed E-state index contributed by atoms with van der Waals surface area (Å²) in [5.74, 6) is -1.41. The van der Waals surface area contributed by atoms with Crippen LogP contribution in [0.5, 0.6) is 17.2 Å². The maximum absolute atomic E-state index is 12.6. The minimum atomic E-state index is -5.97. The van der Waals surface area contributed by atoms with E-state index in [1.54, 1.807) is 0 Å². The highest BCUT2D eigenvalue weighted by molar-refractivity contribution is 7.88. The second kappa shape index (κ2) is 5.52. The van der Waals surface area contributed by atoms with Gasteiger partial charge in [0.15, 0.2) is 17.8 Å². The number of benzene rings is 1. The predicted octanol–water partition coefficient (Wildman–Crippen LogP) is 1.96. The molecular weight excluding hydrogens is 357 g/mol. The zero-order chi connectivity index (χ0) is 17.7. The summed E-state index contributed by atoms with van der Waals surface area (Å²) < 4.78 is 80.2. The molecule has 3 rings (SSSR count). The Morgan fingerprint density at radius 1 is 1.38 bits per heavy atom. The number of aldehydes is 1. The molecule has 1 aromatic rings. The highest BCUT2D eigenvalue weighted by Crippen LogP contribution is 2.51. The number of methoxy groups -OCH3 is 1. The van der Waals surface area contributed by atoms with E-state index in [9.17, 15) is 26.4 Å². The first-order valence-electron chi connectivity index (χ1n) is 6.68. The number of halogens is 3. The molecule has 0 amide bonds. The van der Waals surface area contributed by atoms with Crippen LogP contribution in [0.1, 0.15) is 28.3 Å². The molecule has 24 heavy (non-hydrogen) atoms. The predicted molar refractivity (Wildman–Crippen MR) is 71.7 cm³/mol. The fourth-order valence-electron chi connectivity index (χ4n) is 2.73. The van der Waals surface area contributed by atoms with Gasteiger partial charge in [0.25, 0.3) is 0 Å². The molecule has 1 saturated heterocycles. The molecule has 0 unspecified atom stereocenters. The Labute approximate surface area is 134 Å². The number of carbonyl (C=O) groups is 1. The lowest BCUT2D eigenvalue weighted by Crippen LogP contribution is -2.28. The smallest absolute Gasteiger partial charge is 0.493 e. The van der Waals surface area contributed by atoms with Crippen molar-refractivity contribution in [3.8, 4) is 17.2 Å². The fraction of sp³-hybridized carbons (Fsp3) is 0.462. The number of fused-ring (bicyclic) bond motifs is 3. The van der Waals surface area contributed by atoms with Crippen molar-refractivity contribution in [1.82, 2.24) is 0 Å². The summed E-state index contributed by atoms with van der Waals surface area (Å²) in [7, 11) is -4.87. The van der Waals surface area contributed by atoms with Gasteiger partial charge in [-0.15, -0.1) is 0 Å². The summed E-state index contributed by atoms with van der Waals surface area (Å²) in [6, 6.07) is 1.17. The van der Waals surface area contributed by atoms with Crippen LogP contribution in [0, 0.1) is 0 Å². The second-order valence-corrected chi connectivity index (χ2v) is 6.62. The van der Waals surface area contributed by atoms with Crippen molar-refractivity contribution < 1.29 is 44.8 Å². The monoisotopic (exact) mass is 368 g/mol. The maximum Gasteiger partial charge on any atom is 0.534 e. The van der Waals surface area contributed by atoms with Gasteiger partial charge < -0.3 is 18.4 Å². The molecule has 0 saturated carbocycles. The Morgan fingerprint density at radius 3 is 2.67 bits per heavy atom. The maximum atomic E-state index is 12.6. The standard InChI is InChI=1S/C13H11F3O7S/c1-20-9-4-8-10(6-2-3-21-12(6)22-8)7(5-17)11(9)23-24(18,19)13(14,15)16/h4-6,12H,2-3H2,1H3/t6-,12+/m0/s1. The summed E-state index contributed by atoms with van der Waals surface area (Å²) in [5, 5.41) is 0. The van der Waals surface area contributed by atoms with Gasteiger partial charge in [-0.3, -0.25) is 4.79 Å². The molecule has 11 heteroatoms. The molecule has 0 aromatic heterocycles. The van der Waals surface area contributed by atoms with Crippen LogP contribution >= 0.6 is 0 Å². The summed E-state index contributed by atoms with van der Waals surface area (Å²) >= 11 is 0. The number of rotatable bonds is 4. The van der Waals surface area contributed by atoms with Crippen molar-refractivity contribution in [2.45, 2.75) is 24.1 Å². The van der Waals surface area contributed by atoms with E-state index < -0.39 is 33.6 Å². The number of alkyl halides is 3. The molecule has 0 radical (unpaired) electrons. The third-order valence-corrected chi connectivity index (χ3v) is 4.71. The molecule has 1 fully saturated rings. The molecule has 2 heterocycles. The average molecular weight is 368 g/mol. The Kier molecular flexibility index (Phi) is 3.87. The van der Waals surface area contributed by atoms with E-state index in [0.717, 1.165) is 7.11 Å². The summed E-state index contributed by atoms with van der Waals surface area (Å²) in [5.41, 5.74) is -5.76. The number of ether oxygens (including phenoxy) is 3. The SMILES string of the molecule is COc1cc2c(c(C=O)c1OS(=O)(=O)C(F)(F)F)[C@@H]1CCO[C@@H]1O2. The Hall–Kier alpha value is -2.01. The topological polar surface area (TPSA) is 88.1 Å². The van der Waals surface area contributed by atoms with E-state index >= 15 is 0 Å². The Balaban J connectivity index is 2.16. The summed E-state index contributed by atoms with van der Waals surface area (Å²) in [6.07, 6.45) is 0.000950. The number of hydrogen-bond acceptors (Lipinski definition) is 7. The van der Waals surface area contributed by atoms with Crippen molar-refractivity contribution in [3.05, 3.63) is 17.2 Å². The first-order valence-corrected chi connectivity index (χ1v) is 8.09. The van der Waals surface area contributed by atoms with Crippen molar-refractivity contribution >= 4 is 16.4 Å². The molecular formula is C13H11F3O7S. The largest absolute Gasteiger partial charge is 0.534 e. The third-order valence-electron chi connectivity index (χ3n) is 3.75. The van der Waals surface area contributed by atoms with E-state index in [1.165, 1.54) is 6.07 Å². The highest BCUT2D eigenvalue weighted by Gasteiger charge is 2.50. The zero-order valence-corrected chi connectivity index (χ0v) is 12.9. The fourth-order valence-corrected chi connectivity index (χ4v) is 3.21. The quantitative estimate of drug-likeness (QED) is 0.456. The molecule has 0 N–H and O–H groups in total. The molecule has 1 aromatic carbocycles. The van der Waals surface area contributed by atoms with Crippen LogP contribution in [0.15, 0.2) is 6.07 Å². The van der Waals surface area contributed by atoms with Crippen LogP contribution in [0.4, 0.5) is 13.2 Å². The van der Waals surface area contributed by atoms with Crippen molar-refractivity contribution in [2.24, 2.45) is 0 Å². The third kappa shape index (κ3) is 2.47. The molecule has 2 aliphatic rings. The average Bonchev–Trinajstić information content (AvgIpc) is 3.05. The van der Waals surface area contributed by atoms with Crippen LogP contribution in [-0.2, 0) is 14.9 Å². The lowest BCUT2D eigenvalue weighted by atomic mass is 9.93. The van der Waals surface area contributed by atoms with Crippen molar-refractivity contribution in [3.63, 3.8) is 0 Å². The van der Waals surface area contributed by atoms with Crippen LogP contribution in [-0.4, -0.2) is 40.2 Å². The minimum absolute atomic E-state index is 0.181. The normalized spacial score (nSPS) is 22.5. The van der Waals surface area contributed by atoms with Gasteiger partial charge in [-0.05, 0) is 6.42 Å². The molecule has 2 atom stereocenters. The highest BCUT2D eigenvalue weighted by atomic mass is 32.2. The van der Waals surface area contributed by atoms with Gasteiger partial charge in [0.1, 0.15) is 5.75 Å². The first-order chi connectivity index (χ1) is 11.2. The van der Waals surface area contributed by atoms with E-state index in [1.807, 2.05) is 0 Å². The minimum Gasteiger partial charge on any atom is -0.493 e. The van der Waals surface area contributed by atoms with Crippen molar-refractivity contribution in [2.75, 3.05) is 13.7 Å². The van der Waals surface area contributed by atoms with Crippen LogP contribution in [0.2, 0.25) is 0 Å². The summed E-state index contributed by atoms with van der Waals surface area (Å²) in [4.78, 5) is 11.5. The van der Waals surface area contributed by atoms with E-state index in [-0.39, 0.29) is 28.9 Å². The second-order valence-electron chi connectivity index (χ2n) is 5.09. The molecule has 132 valence electrons. The summed E-state index contributed by atoms with van der Waals surface area (Å²) in [6.45, 7) is 0.343. The van der Waals surface area contributed by atoms with Gasteiger partial charge in [0, 0.05) is 11.6 Å². The number of hydrogen-bond donors (Lipinski definition) is 0. The van der Waals surface area contributed by atoms with Crippen molar-refractivity contribution in [1.29, 1.82) is 0 Å². The van der Waals surface area contributed by atoms with Gasteiger partial charge in [-0.1, -0.05) is 0 Å². The van der Waals surface area contributed by atoms with E-state index in [4.69, 9.17) is 14.2 Å². The molecule has 0 spiro atoms. The molecule has 0 bridgehead atoms. The Morgan fingerprint density at radius 2 is 2.08 bits per heavy atom. The van der Waals surface area contributed by atoms with E-state index in [0.29, 0.717) is 13.0 Å². The van der Waals surface area contributed by atoms with Gasteiger partial charge in [-0.2, -0.15) is 21.6 Å². The van der Waals surface area contributed by atoms with Gasteiger partial charge >= 0.3 is 15.6 Å². The molecule has 0 aliphatic carbocycles. The lowest BCUT2D eigenvalue weighted by Gasteiger charge is -2.16. The van der Waals surface area contributed by atoms with Crippen LogP contribution in [0.3, 0.4) is 0 Å².